The third-order valence-electron chi connectivity index (χ3n) is 2.91. The van der Waals surface area contributed by atoms with Crippen molar-refractivity contribution < 1.29 is 4.74 Å². The molecule has 0 aliphatic heterocycles. The van der Waals surface area contributed by atoms with Crippen molar-refractivity contribution in [2.24, 2.45) is 12.5 Å². The maximum Gasteiger partial charge on any atom is 0.161 e. The highest BCUT2D eigenvalue weighted by Crippen LogP contribution is 2.36. The zero-order valence-electron chi connectivity index (χ0n) is 11.9. The summed E-state index contributed by atoms with van der Waals surface area (Å²) in [7, 11) is 3.66. The Bertz CT molecular complexity index is 352. The standard InChI is InChI=1S/C13H25N3O/c1-7-8-14-12(13(2,3)4)11-10(17-6)9-15-16(11)5/h9,12,14H,7-8H2,1-6H3. The van der Waals surface area contributed by atoms with Gasteiger partial charge in [-0.2, -0.15) is 5.10 Å². The molecule has 0 aliphatic rings. The monoisotopic (exact) mass is 239 g/mol. The Kier molecular flexibility index (Phi) is 4.57. The summed E-state index contributed by atoms with van der Waals surface area (Å²) in [6.45, 7) is 9.86. The Balaban J connectivity index is 3.07. The van der Waals surface area contributed by atoms with Gasteiger partial charge in [0.1, 0.15) is 0 Å². The maximum absolute atomic E-state index is 5.40. The molecule has 4 heteroatoms. The van der Waals surface area contributed by atoms with Crippen LogP contribution in [-0.4, -0.2) is 23.4 Å². The highest BCUT2D eigenvalue weighted by Gasteiger charge is 2.30. The van der Waals surface area contributed by atoms with Crippen molar-refractivity contribution in [3.8, 4) is 5.75 Å². The van der Waals surface area contributed by atoms with Gasteiger partial charge in [-0.15, -0.1) is 0 Å². The van der Waals surface area contributed by atoms with Crippen molar-refractivity contribution >= 4 is 0 Å². The summed E-state index contributed by atoms with van der Waals surface area (Å²) in [4.78, 5) is 0. The molecule has 1 rings (SSSR count). The Morgan fingerprint density at radius 2 is 2.12 bits per heavy atom. The molecule has 98 valence electrons. The molecule has 0 bridgehead atoms. The second-order valence-electron chi connectivity index (χ2n) is 5.47. The van der Waals surface area contributed by atoms with Gasteiger partial charge >= 0.3 is 0 Å². The van der Waals surface area contributed by atoms with Gasteiger partial charge in [0, 0.05) is 7.05 Å². The van der Waals surface area contributed by atoms with Crippen LogP contribution < -0.4 is 10.1 Å². The van der Waals surface area contributed by atoms with Gasteiger partial charge in [-0.3, -0.25) is 4.68 Å². The van der Waals surface area contributed by atoms with Crippen molar-refractivity contribution in [2.45, 2.75) is 40.2 Å². The van der Waals surface area contributed by atoms with Crippen LogP contribution in [0.1, 0.15) is 45.9 Å². The summed E-state index contributed by atoms with van der Waals surface area (Å²) in [6.07, 6.45) is 2.90. The molecule has 1 aromatic rings. The van der Waals surface area contributed by atoms with Crippen LogP contribution in [0.5, 0.6) is 5.75 Å². The first-order valence-corrected chi connectivity index (χ1v) is 6.21. The summed E-state index contributed by atoms with van der Waals surface area (Å²) in [6, 6.07) is 0.241. The largest absolute Gasteiger partial charge is 0.493 e. The van der Waals surface area contributed by atoms with E-state index in [0.717, 1.165) is 24.4 Å². The Labute approximate surface area is 104 Å². The zero-order valence-corrected chi connectivity index (χ0v) is 11.9. The second kappa shape index (κ2) is 5.54. The summed E-state index contributed by atoms with van der Waals surface area (Å²) in [5.41, 5.74) is 1.24. The molecule has 4 nitrogen and oxygen atoms in total. The third kappa shape index (κ3) is 3.22. The van der Waals surface area contributed by atoms with E-state index in [1.807, 2.05) is 11.7 Å². The van der Waals surface area contributed by atoms with Gasteiger partial charge in [0.05, 0.1) is 25.0 Å². The molecule has 0 amide bonds. The van der Waals surface area contributed by atoms with Crippen LogP contribution in [0.3, 0.4) is 0 Å². The number of aromatic nitrogens is 2. The second-order valence-corrected chi connectivity index (χ2v) is 5.47. The number of hydrogen-bond donors (Lipinski definition) is 1. The van der Waals surface area contributed by atoms with Gasteiger partial charge in [0.25, 0.3) is 0 Å². The maximum atomic E-state index is 5.40. The topological polar surface area (TPSA) is 39.1 Å². The lowest BCUT2D eigenvalue weighted by molar-refractivity contribution is 0.254. The predicted octanol–water partition coefficient (Wildman–Crippen LogP) is 2.52. The average Bonchev–Trinajstić information content (AvgIpc) is 2.59. The average molecular weight is 239 g/mol. The van der Waals surface area contributed by atoms with Gasteiger partial charge in [-0.1, -0.05) is 27.7 Å². The Morgan fingerprint density at radius 1 is 1.47 bits per heavy atom. The molecule has 0 spiro atoms. The highest BCUT2D eigenvalue weighted by molar-refractivity contribution is 5.29. The molecule has 0 aliphatic carbocycles. The molecule has 0 radical (unpaired) electrons. The van der Waals surface area contributed by atoms with Crippen LogP contribution in [0.15, 0.2) is 6.20 Å². The zero-order chi connectivity index (χ0) is 13.1. The van der Waals surface area contributed by atoms with E-state index in [2.05, 4.69) is 38.1 Å². The van der Waals surface area contributed by atoms with E-state index in [9.17, 15) is 0 Å². The number of ether oxygens (including phenoxy) is 1. The summed E-state index contributed by atoms with van der Waals surface area (Å²) < 4.78 is 7.30. The number of methoxy groups -OCH3 is 1. The third-order valence-corrected chi connectivity index (χ3v) is 2.91. The minimum absolute atomic E-state index is 0.121. The molecule has 1 heterocycles. The molecule has 1 N–H and O–H groups in total. The summed E-state index contributed by atoms with van der Waals surface area (Å²) in [5, 5.41) is 7.87. The van der Waals surface area contributed by atoms with E-state index in [4.69, 9.17) is 4.74 Å². The van der Waals surface area contributed by atoms with Crippen molar-refractivity contribution in [2.75, 3.05) is 13.7 Å². The van der Waals surface area contributed by atoms with Crippen LogP contribution >= 0.6 is 0 Å². The van der Waals surface area contributed by atoms with Gasteiger partial charge in [0.2, 0.25) is 0 Å². The predicted molar refractivity (Wildman–Crippen MR) is 70.2 cm³/mol. The smallest absolute Gasteiger partial charge is 0.161 e. The SMILES string of the molecule is CCCNC(c1c(OC)cnn1C)C(C)(C)C. The summed E-state index contributed by atoms with van der Waals surface area (Å²) >= 11 is 0. The molecule has 0 saturated carbocycles. The molecule has 17 heavy (non-hydrogen) atoms. The van der Waals surface area contributed by atoms with Crippen LogP contribution in [0.2, 0.25) is 0 Å². The number of rotatable bonds is 5. The lowest BCUT2D eigenvalue weighted by Gasteiger charge is -2.32. The van der Waals surface area contributed by atoms with Crippen molar-refractivity contribution in [1.29, 1.82) is 0 Å². The normalized spacial score (nSPS) is 13.8. The lowest BCUT2D eigenvalue weighted by atomic mass is 9.84. The van der Waals surface area contributed by atoms with Crippen LogP contribution in [0.25, 0.3) is 0 Å². The van der Waals surface area contributed by atoms with Crippen molar-refractivity contribution in [1.82, 2.24) is 15.1 Å². The number of nitrogens with zero attached hydrogens (tertiary/aromatic N) is 2. The first-order valence-electron chi connectivity index (χ1n) is 6.21. The lowest BCUT2D eigenvalue weighted by Crippen LogP contribution is -2.34. The first-order chi connectivity index (χ1) is 7.91. The fraction of sp³-hybridized carbons (Fsp3) is 0.769. The molecule has 0 aromatic carbocycles. The molecule has 0 saturated heterocycles. The number of nitrogens with one attached hydrogen (secondary N) is 1. The Morgan fingerprint density at radius 3 is 2.59 bits per heavy atom. The first kappa shape index (κ1) is 14.0. The fourth-order valence-corrected chi connectivity index (χ4v) is 2.01. The van der Waals surface area contributed by atoms with E-state index < -0.39 is 0 Å². The van der Waals surface area contributed by atoms with E-state index in [-0.39, 0.29) is 11.5 Å². The highest BCUT2D eigenvalue weighted by atomic mass is 16.5. The fourth-order valence-electron chi connectivity index (χ4n) is 2.01. The Hall–Kier alpha value is -1.03. The van der Waals surface area contributed by atoms with E-state index in [0.29, 0.717) is 0 Å². The van der Waals surface area contributed by atoms with Crippen molar-refractivity contribution in [3.63, 3.8) is 0 Å². The quantitative estimate of drug-likeness (QED) is 0.858. The molecule has 1 aromatic heterocycles. The molecule has 0 fully saturated rings. The van der Waals surface area contributed by atoms with Crippen LogP contribution in [0, 0.1) is 5.41 Å². The molecular weight excluding hydrogens is 214 g/mol. The molecule has 1 unspecified atom stereocenters. The van der Waals surface area contributed by atoms with Crippen molar-refractivity contribution in [3.05, 3.63) is 11.9 Å². The van der Waals surface area contributed by atoms with E-state index >= 15 is 0 Å². The van der Waals surface area contributed by atoms with Gasteiger partial charge in [0.15, 0.2) is 5.75 Å². The summed E-state index contributed by atoms with van der Waals surface area (Å²) in [5.74, 6) is 0.857. The molecular formula is C13H25N3O. The number of hydrogen-bond acceptors (Lipinski definition) is 3. The van der Waals surface area contributed by atoms with E-state index in [1.165, 1.54) is 0 Å². The molecule has 1 atom stereocenters. The number of aryl methyl sites for hydroxylation is 1. The van der Waals surface area contributed by atoms with Gasteiger partial charge < -0.3 is 10.1 Å². The van der Waals surface area contributed by atoms with E-state index in [1.54, 1.807) is 13.3 Å². The van der Waals surface area contributed by atoms with Gasteiger partial charge in [-0.25, -0.2) is 0 Å². The minimum atomic E-state index is 0.121. The van der Waals surface area contributed by atoms with Crippen LogP contribution in [-0.2, 0) is 7.05 Å². The van der Waals surface area contributed by atoms with Crippen LogP contribution in [0.4, 0.5) is 0 Å². The van der Waals surface area contributed by atoms with Gasteiger partial charge in [-0.05, 0) is 18.4 Å². The minimum Gasteiger partial charge on any atom is -0.493 e.